The largest absolute Gasteiger partial charge is 0.475 e. The van der Waals surface area contributed by atoms with Crippen molar-refractivity contribution in [1.29, 1.82) is 0 Å². The van der Waals surface area contributed by atoms with E-state index in [0.29, 0.717) is 41.5 Å². The summed E-state index contributed by atoms with van der Waals surface area (Å²) in [5, 5.41) is 8.66. The number of nitrogens with one attached hydrogen (secondary N) is 1. The van der Waals surface area contributed by atoms with Crippen LogP contribution in [0.3, 0.4) is 0 Å². The summed E-state index contributed by atoms with van der Waals surface area (Å²) in [5.41, 5.74) is 1.34. The SMILES string of the molecule is C[C@@H]1COc2ncc(F)cc2[C@@H]2CCON2c2ccn3ncc(c3n2)C(=O)N1. The fourth-order valence-electron chi connectivity index (χ4n) is 3.47. The van der Waals surface area contributed by atoms with Crippen LogP contribution in [0.1, 0.15) is 35.3 Å². The summed E-state index contributed by atoms with van der Waals surface area (Å²) in [6.45, 7) is 2.44. The van der Waals surface area contributed by atoms with Crippen LogP contribution in [0.2, 0.25) is 0 Å². The number of carbonyl (C=O) groups excluding carboxylic acids is 1. The third-order valence-corrected chi connectivity index (χ3v) is 4.78. The predicted molar refractivity (Wildman–Crippen MR) is 95.4 cm³/mol. The molecule has 28 heavy (non-hydrogen) atoms. The fraction of sp³-hybridized carbons (Fsp3) is 0.333. The minimum atomic E-state index is -0.457. The Balaban J connectivity index is 1.69. The van der Waals surface area contributed by atoms with E-state index < -0.39 is 5.82 Å². The van der Waals surface area contributed by atoms with Gasteiger partial charge in [0.2, 0.25) is 5.88 Å². The zero-order chi connectivity index (χ0) is 19.3. The highest BCUT2D eigenvalue weighted by Gasteiger charge is 2.33. The van der Waals surface area contributed by atoms with Gasteiger partial charge in [0.05, 0.1) is 31.1 Å². The summed E-state index contributed by atoms with van der Waals surface area (Å²) < 4.78 is 21.3. The van der Waals surface area contributed by atoms with E-state index in [9.17, 15) is 9.18 Å². The number of rotatable bonds is 0. The summed E-state index contributed by atoms with van der Waals surface area (Å²) in [4.78, 5) is 27.1. The minimum absolute atomic E-state index is 0.181. The average Bonchev–Trinajstić information content (AvgIpc) is 3.32. The van der Waals surface area contributed by atoms with Crippen LogP contribution in [-0.2, 0) is 4.84 Å². The van der Waals surface area contributed by atoms with Gasteiger partial charge in [-0.3, -0.25) is 9.63 Å². The third-order valence-electron chi connectivity index (χ3n) is 4.78. The van der Waals surface area contributed by atoms with Gasteiger partial charge in [0.25, 0.3) is 5.91 Å². The van der Waals surface area contributed by atoms with Gasteiger partial charge >= 0.3 is 0 Å². The van der Waals surface area contributed by atoms with Gasteiger partial charge < -0.3 is 10.1 Å². The molecule has 0 radical (unpaired) electrons. The standard InChI is InChI=1S/C18H17FN6O3/c1-10-9-27-18-12(6-11(19)7-20-18)14-3-5-28-25(14)15-2-4-24-16(23-15)13(8-21-24)17(26)22-10/h2,4,6-8,10,14H,3,5,9H2,1H3,(H,22,26)/t10-,14+/m1/s1. The van der Waals surface area contributed by atoms with Gasteiger partial charge in [-0.25, -0.2) is 23.9 Å². The molecule has 1 saturated heterocycles. The highest BCUT2D eigenvalue weighted by molar-refractivity contribution is 5.99. The Labute approximate surface area is 159 Å². The predicted octanol–water partition coefficient (Wildman–Crippen LogP) is 1.66. The normalized spacial score (nSPS) is 21.9. The van der Waals surface area contributed by atoms with E-state index in [1.54, 1.807) is 17.3 Å². The maximum Gasteiger partial charge on any atom is 0.257 e. The molecule has 0 unspecified atom stereocenters. The van der Waals surface area contributed by atoms with E-state index >= 15 is 0 Å². The van der Waals surface area contributed by atoms with Crippen LogP contribution in [0.5, 0.6) is 5.88 Å². The quantitative estimate of drug-likeness (QED) is 0.630. The monoisotopic (exact) mass is 384 g/mol. The van der Waals surface area contributed by atoms with Crippen molar-refractivity contribution in [2.75, 3.05) is 18.3 Å². The lowest BCUT2D eigenvalue weighted by molar-refractivity contribution is 0.0927. The van der Waals surface area contributed by atoms with Crippen LogP contribution in [-0.4, -0.2) is 44.7 Å². The molecule has 5 rings (SSSR count). The van der Waals surface area contributed by atoms with Gasteiger partial charge in [0, 0.05) is 24.2 Å². The number of hydroxylamine groups is 1. The van der Waals surface area contributed by atoms with Gasteiger partial charge in [-0.05, 0) is 13.0 Å². The first kappa shape index (κ1) is 16.9. The molecular weight excluding hydrogens is 367 g/mol. The molecule has 2 aliphatic rings. The summed E-state index contributed by atoms with van der Waals surface area (Å²) >= 11 is 0. The van der Waals surface area contributed by atoms with Gasteiger partial charge in [0.15, 0.2) is 11.5 Å². The Bertz CT molecular complexity index is 1070. The number of pyridine rings is 1. The molecule has 144 valence electrons. The van der Waals surface area contributed by atoms with Crippen LogP contribution < -0.4 is 15.1 Å². The summed E-state index contributed by atoms with van der Waals surface area (Å²) in [6.07, 6.45) is 4.91. The summed E-state index contributed by atoms with van der Waals surface area (Å²) in [6, 6.07) is 2.51. The van der Waals surface area contributed by atoms with Crippen molar-refractivity contribution in [1.82, 2.24) is 24.9 Å². The zero-order valence-corrected chi connectivity index (χ0v) is 15.0. The van der Waals surface area contributed by atoms with Crippen LogP contribution in [0, 0.1) is 5.82 Å². The molecule has 0 aliphatic carbocycles. The molecule has 1 fully saturated rings. The van der Waals surface area contributed by atoms with Crippen molar-refractivity contribution in [3.63, 3.8) is 0 Å². The number of hydrogen-bond donors (Lipinski definition) is 1. The van der Waals surface area contributed by atoms with Crippen LogP contribution in [0.4, 0.5) is 10.2 Å². The summed E-state index contributed by atoms with van der Waals surface area (Å²) in [7, 11) is 0. The number of fused-ring (bicyclic) bond motifs is 5. The molecule has 0 saturated carbocycles. The Morgan fingerprint density at radius 2 is 2.25 bits per heavy atom. The second-order valence-electron chi connectivity index (χ2n) is 6.81. The van der Waals surface area contributed by atoms with E-state index in [4.69, 9.17) is 9.57 Å². The third kappa shape index (κ3) is 2.73. The second kappa shape index (κ2) is 6.41. The molecule has 2 atom stereocenters. The van der Waals surface area contributed by atoms with Crippen molar-refractivity contribution in [3.05, 3.63) is 47.7 Å². The van der Waals surface area contributed by atoms with Crippen molar-refractivity contribution >= 4 is 17.4 Å². The molecule has 3 aromatic heterocycles. The molecule has 5 heterocycles. The Kier molecular flexibility index (Phi) is 3.86. The van der Waals surface area contributed by atoms with Crippen LogP contribution in [0.25, 0.3) is 5.65 Å². The van der Waals surface area contributed by atoms with E-state index in [1.807, 2.05) is 6.92 Å². The van der Waals surface area contributed by atoms with E-state index in [1.165, 1.54) is 16.8 Å². The molecular formula is C18H17FN6O3. The molecule has 0 aromatic carbocycles. The van der Waals surface area contributed by atoms with Crippen molar-refractivity contribution in [2.45, 2.75) is 25.4 Å². The lowest BCUT2D eigenvalue weighted by Gasteiger charge is -2.25. The topological polar surface area (TPSA) is 93.9 Å². The van der Waals surface area contributed by atoms with Crippen LogP contribution >= 0.6 is 0 Å². The highest BCUT2D eigenvalue weighted by atomic mass is 19.1. The lowest BCUT2D eigenvalue weighted by atomic mass is 10.1. The Hall–Kier alpha value is -3.27. The molecule has 1 amide bonds. The lowest BCUT2D eigenvalue weighted by Crippen LogP contribution is -2.37. The summed E-state index contributed by atoms with van der Waals surface area (Å²) in [5.74, 6) is 0.0425. The minimum Gasteiger partial charge on any atom is -0.475 e. The van der Waals surface area contributed by atoms with E-state index in [-0.39, 0.29) is 24.6 Å². The molecule has 1 N–H and O–H groups in total. The van der Waals surface area contributed by atoms with Gasteiger partial charge in [-0.2, -0.15) is 5.10 Å². The van der Waals surface area contributed by atoms with Gasteiger partial charge in [-0.15, -0.1) is 0 Å². The van der Waals surface area contributed by atoms with E-state index in [2.05, 4.69) is 20.4 Å². The molecule has 2 bridgehead atoms. The van der Waals surface area contributed by atoms with Gasteiger partial charge in [0.1, 0.15) is 18.0 Å². The molecule has 10 heteroatoms. The van der Waals surface area contributed by atoms with Crippen molar-refractivity contribution < 1.29 is 18.8 Å². The first-order chi connectivity index (χ1) is 13.6. The molecule has 9 nitrogen and oxygen atoms in total. The zero-order valence-electron chi connectivity index (χ0n) is 15.0. The maximum absolute atomic E-state index is 14.0. The van der Waals surface area contributed by atoms with Gasteiger partial charge in [-0.1, -0.05) is 0 Å². The number of aromatic nitrogens is 4. The number of hydrogen-bond acceptors (Lipinski definition) is 7. The van der Waals surface area contributed by atoms with Crippen molar-refractivity contribution in [2.24, 2.45) is 0 Å². The van der Waals surface area contributed by atoms with Crippen molar-refractivity contribution in [3.8, 4) is 5.88 Å². The molecule has 0 spiro atoms. The maximum atomic E-state index is 14.0. The smallest absolute Gasteiger partial charge is 0.257 e. The fourth-order valence-corrected chi connectivity index (χ4v) is 3.47. The first-order valence-electron chi connectivity index (χ1n) is 8.96. The number of nitrogens with zero attached hydrogens (tertiary/aromatic N) is 5. The number of ether oxygens (including phenoxy) is 1. The Morgan fingerprint density at radius 1 is 1.36 bits per heavy atom. The average molecular weight is 384 g/mol. The number of amides is 1. The molecule has 2 aliphatic heterocycles. The van der Waals surface area contributed by atoms with E-state index in [0.717, 1.165) is 6.20 Å². The van der Waals surface area contributed by atoms with Crippen LogP contribution in [0.15, 0.2) is 30.7 Å². The number of carbonyl (C=O) groups is 1. The second-order valence-corrected chi connectivity index (χ2v) is 6.81. The first-order valence-corrected chi connectivity index (χ1v) is 8.96. The number of halogens is 1. The number of anilines is 1. The Morgan fingerprint density at radius 3 is 3.14 bits per heavy atom. The molecule has 3 aromatic rings. The highest BCUT2D eigenvalue weighted by Crippen LogP contribution is 2.38.